The van der Waals surface area contributed by atoms with Gasteiger partial charge in [0, 0.05) is 20.0 Å². The first-order valence-electron chi connectivity index (χ1n) is 4.26. The zero-order valence-electron chi connectivity index (χ0n) is 8.28. The van der Waals surface area contributed by atoms with Crippen LogP contribution in [0.25, 0.3) is 0 Å². The van der Waals surface area contributed by atoms with Crippen LogP contribution in [0.2, 0.25) is 0 Å². The minimum atomic E-state index is -0.154. The Bertz CT molecular complexity index is 193. The van der Waals surface area contributed by atoms with Crippen molar-refractivity contribution in [2.75, 3.05) is 19.8 Å². The summed E-state index contributed by atoms with van der Waals surface area (Å²) in [5.74, 6) is -0.0978. The van der Waals surface area contributed by atoms with Crippen molar-refractivity contribution in [1.29, 1.82) is 0 Å². The number of hydrogen-bond acceptors (Lipinski definition) is 3. The molecule has 0 unspecified atom stereocenters. The second-order valence-corrected chi connectivity index (χ2v) is 2.91. The summed E-state index contributed by atoms with van der Waals surface area (Å²) in [6.45, 7) is 6.15. The van der Waals surface area contributed by atoms with Gasteiger partial charge in [0.05, 0.1) is 0 Å². The molecule has 0 aromatic carbocycles. The van der Waals surface area contributed by atoms with E-state index in [0.717, 1.165) is 0 Å². The molecule has 0 saturated carbocycles. The first-order chi connectivity index (χ1) is 6.08. The van der Waals surface area contributed by atoms with E-state index in [1.165, 1.54) is 11.8 Å². The highest BCUT2D eigenvalue weighted by Crippen LogP contribution is 1.99. The van der Waals surface area contributed by atoms with Crippen LogP contribution in [-0.2, 0) is 4.79 Å². The molecule has 0 atom stereocenters. The van der Waals surface area contributed by atoms with Gasteiger partial charge in [0.2, 0.25) is 5.91 Å². The third kappa shape index (κ3) is 3.28. The lowest BCUT2D eigenvalue weighted by Gasteiger charge is -2.28. The molecule has 1 N–H and O–H groups in total. The second-order valence-electron chi connectivity index (χ2n) is 2.54. The maximum Gasteiger partial charge on any atom is 0.225 e. The van der Waals surface area contributed by atoms with Crippen molar-refractivity contribution in [2.24, 2.45) is 0 Å². The topological polar surface area (TPSA) is 43.8 Å². The number of hydrogen-bond donors (Lipinski definition) is 1. The number of rotatable bonds is 3. The van der Waals surface area contributed by atoms with Crippen LogP contribution < -0.4 is 0 Å². The van der Waals surface area contributed by atoms with Gasteiger partial charge in [-0.25, -0.2) is 0 Å². The number of aliphatic hydroxyl groups excluding tert-OH is 1. The van der Waals surface area contributed by atoms with Crippen LogP contribution in [0.5, 0.6) is 0 Å². The molecule has 0 aliphatic rings. The Morgan fingerprint density at radius 2 is 1.92 bits per heavy atom. The minimum Gasteiger partial charge on any atom is -0.376 e. The fourth-order valence-electron chi connectivity index (χ4n) is 0.959. The van der Waals surface area contributed by atoms with Crippen molar-refractivity contribution in [3.63, 3.8) is 0 Å². The fraction of sp³-hybridized carbons (Fsp3) is 0.750. The van der Waals surface area contributed by atoms with Gasteiger partial charge in [0.1, 0.15) is 6.73 Å². The molecule has 5 heteroatoms. The monoisotopic (exact) mass is 204 g/mol. The van der Waals surface area contributed by atoms with Gasteiger partial charge in [-0.3, -0.25) is 9.69 Å². The number of carbonyl (C=O) groups is 1. The summed E-state index contributed by atoms with van der Waals surface area (Å²) in [5, 5.41) is 9.31. The molecule has 13 heavy (non-hydrogen) atoms. The first-order valence-corrected chi connectivity index (χ1v) is 4.67. The summed E-state index contributed by atoms with van der Waals surface area (Å²) in [7, 11) is 0. The quantitative estimate of drug-likeness (QED) is 0.534. The molecule has 0 rings (SSSR count). The predicted octanol–water partition coefficient (Wildman–Crippen LogP) is 0.411. The molecule has 0 radical (unpaired) electrons. The third-order valence-corrected chi connectivity index (χ3v) is 2.23. The molecule has 4 nitrogen and oxygen atoms in total. The summed E-state index contributed by atoms with van der Waals surface area (Å²) < 4.78 is 0. The van der Waals surface area contributed by atoms with Crippen molar-refractivity contribution in [3.05, 3.63) is 0 Å². The zero-order chi connectivity index (χ0) is 10.4. The van der Waals surface area contributed by atoms with Crippen molar-refractivity contribution in [2.45, 2.75) is 20.8 Å². The van der Waals surface area contributed by atoms with Gasteiger partial charge in [0.15, 0.2) is 5.11 Å². The summed E-state index contributed by atoms with van der Waals surface area (Å²) in [6, 6.07) is 0. The van der Waals surface area contributed by atoms with E-state index in [0.29, 0.717) is 18.2 Å². The number of carbonyl (C=O) groups excluding carboxylic acids is 1. The standard InChI is InChI=1S/C8H16N2O2S/c1-4-9(6-11)8(13)10(5-2)7(3)12/h11H,4-6H2,1-3H3. The van der Waals surface area contributed by atoms with Gasteiger partial charge in [-0.15, -0.1) is 0 Å². The highest BCUT2D eigenvalue weighted by molar-refractivity contribution is 7.80. The van der Waals surface area contributed by atoms with Crippen molar-refractivity contribution in [3.8, 4) is 0 Å². The van der Waals surface area contributed by atoms with Crippen LogP contribution in [0.1, 0.15) is 20.8 Å². The smallest absolute Gasteiger partial charge is 0.225 e. The molecule has 0 fully saturated rings. The van der Waals surface area contributed by atoms with E-state index in [9.17, 15) is 4.79 Å². The Morgan fingerprint density at radius 3 is 2.15 bits per heavy atom. The van der Waals surface area contributed by atoms with E-state index in [-0.39, 0.29) is 12.6 Å². The lowest BCUT2D eigenvalue weighted by Crippen LogP contribution is -2.45. The minimum absolute atomic E-state index is 0.0978. The van der Waals surface area contributed by atoms with Crippen LogP contribution in [-0.4, -0.2) is 45.7 Å². The summed E-state index contributed by atoms with van der Waals surface area (Å²) in [5.41, 5.74) is 0. The first kappa shape index (κ1) is 12.3. The number of thiocarbonyl (C=S) groups is 1. The molecule has 0 spiro atoms. The molecule has 1 amide bonds. The van der Waals surface area contributed by atoms with Gasteiger partial charge in [-0.2, -0.15) is 0 Å². The predicted molar refractivity (Wildman–Crippen MR) is 55.1 cm³/mol. The van der Waals surface area contributed by atoms with E-state index in [1.54, 1.807) is 4.90 Å². The molecule has 0 aliphatic heterocycles. The second kappa shape index (κ2) is 5.88. The number of nitrogens with zero attached hydrogens (tertiary/aromatic N) is 2. The van der Waals surface area contributed by atoms with Gasteiger partial charge >= 0.3 is 0 Å². The van der Waals surface area contributed by atoms with Crippen molar-refractivity contribution >= 4 is 23.2 Å². The van der Waals surface area contributed by atoms with Gasteiger partial charge in [0.25, 0.3) is 0 Å². The number of amides is 1. The molecule has 0 aromatic heterocycles. The van der Waals surface area contributed by atoms with Crippen LogP contribution in [0, 0.1) is 0 Å². The molecule has 76 valence electrons. The zero-order valence-corrected chi connectivity index (χ0v) is 9.10. The normalized spacial score (nSPS) is 9.54. The summed E-state index contributed by atoms with van der Waals surface area (Å²) in [4.78, 5) is 14.1. The molecule has 0 heterocycles. The third-order valence-electron chi connectivity index (χ3n) is 1.75. The molecular formula is C8H16N2O2S. The lowest BCUT2D eigenvalue weighted by atomic mass is 10.5. The Balaban J connectivity index is 4.43. The van der Waals surface area contributed by atoms with Gasteiger partial charge < -0.3 is 10.0 Å². The maximum absolute atomic E-state index is 11.1. The Kier molecular flexibility index (Phi) is 5.57. The van der Waals surface area contributed by atoms with Crippen molar-refractivity contribution < 1.29 is 9.90 Å². The molecule has 0 aromatic rings. The van der Waals surface area contributed by atoms with Crippen LogP contribution >= 0.6 is 12.2 Å². The Labute approximate surface area is 84.1 Å². The number of aliphatic hydroxyl groups is 1. The average molecular weight is 204 g/mol. The van der Waals surface area contributed by atoms with E-state index in [1.807, 2.05) is 13.8 Å². The van der Waals surface area contributed by atoms with E-state index in [4.69, 9.17) is 17.3 Å². The van der Waals surface area contributed by atoms with E-state index < -0.39 is 0 Å². The summed E-state index contributed by atoms with van der Waals surface area (Å²) in [6.07, 6.45) is 0. The Morgan fingerprint density at radius 1 is 1.38 bits per heavy atom. The van der Waals surface area contributed by atoms with E-state index >= 15 is 0 Å². The van der Waals surface area contributed by atoms with Crippen molar-refractivity contribution in [1.82, 2.24) is 9.80 Å². The fourth-order valence-corrected chi connectivity index (χ4v) is 1.40. The summed E-state index contributed by atoms with van der Waals surface area (Å²) >= 11 is 5.04. The molecule has 0 saturated heterocycles. The maximum atomic E-state index is 11.1. The average Bonchev–Trinajstić information content (AvgIpc) is 2.07. The highest BCUT2D eigenvalue weighted by Gasteiger charge is 2.16. The molecule has 0 bridgehead atoms. The van der Waals surface area contributed by atoms with Crippen LogP contribution in [0.3, 0.4) is 0 Å². The molecule has 0 aliphatic carbocycles. The van der Waals surface area contributed by atoms with Crippen LogP contribution in [0.4, 0.5) is 0 Å². The largest absolute Gasteiger partial charge is 0.376 e. The highest BCUT2D eigenvalue weighted by atomic mass is 32.1. The van der Waals surface area contributed by atoms with E-state index in [2.05, 4.69) is 0 Å². The SMILES string of the molecule is CCN(CO)C(=S)N(CC)C(C)=O. The van der Waals surface area contributed by atoms with Crippen LogP contribution in [0.15, 0.2) is 0 Å². The van der Waals surface area contributed by atoms with Gasteiger partial charge in [-0.1, -0.05) is 0 Å². The molecular weight excluding hydrogens is 188 g/mol. The lowest BCUT2D eigenvalue weighted by molar-refractivity contribution is -0.125. The Hall–Kier alpha value is -0.680. The van der Waals surface area contributed by atoms with Gasteiger partial charge in [-0.05, 0) is 26.1 Å².